The van der Waals surface area contributed by atoms with E-state index in [2.05, 4.69) is 14.8 Å². The number of nitrogens with zero attached hydrogens (tertiary/aromatic N) is 4. The summed E-state index contributed by atoms with van der Waals surface area (Å²) in [5.74, 6) is 0.755. The molecule has 1 aliphatic rings. The monoisotopic (exact) mass is 485 g/mol. The molecule has 180 valence electrons. The zero-order chi connectivity index (χ0) is 24.1. The van der Waals surface area contributed by atoms with Gasteiger partial charge in [-0.25, -0.2) is 22.8 Å². The number of hydrogen-bond acceptors (Lipinski definition) is 7. The maximum absolute atomic E-state index is 12.7. The lowest BCUT2D eigenvalue weighted by Gasteiger charge is -2.25. The third kappa shape index (κ3) is 5.37. The number of carbonyl (C=O) groups excluding carboxylic acids is 1. The van der Waals surface area contributed by atoms with Gasteiger partial charge in [0.25, 0.3) is 0 Å². The number of amides is 1. The second-order valence-electron chi connectivity index (χ2n) is 7.92. The lowest BCUT2D eigenvalue weighted by atomic mass is 10.1. The van der Waals surface area contributed by atoms with Crippen LogP contribution in [0.3, 0.4) is 0 Å². The van der Waals surface area contributed by atoms with Crippen LogP contribution in [0.2, 0.25) is 0 Å². The Balaban J connectivity index is 1.32. The average Bonchev–Trinajstić information content (AvgIpc) is 3.28. The summed E-state index contributed by atoms with van der Waals surface area (Å²) < 4.78 is 40.7. The normalized spacial score (nSPS) is 14.3. The molecule has 0 fully saturated rings. The number of nitrogens with one attached hydrogen (secondary N) is 1. The van der Waals surface area contributed by atoms with E-state index < -0.39 is 10.0 Å². The molecule has 10 nitrogen and oxygen atoms in total. The van der Waals surface area contributed by atoms with Gasteiger partial charge in [-0.15, -0.1) is 0 Å². The highest BCUT2D eigenvalue weighted by Crippen LogP contribution is 2.31. The summed E-state index contributed by atoms with van der Waals surface area (Å²) in [6.45, 7) is 2.89. The lowest BCUT2D eigenvalue weighted by molar-refractivity contribution is -0.131. The summed E-state index contributed by atoms with van der Waals surface area (Å²) >= 11 is 0. The highest BCUT2D eigenvalue weighted by molar-refractivity contribution is 7.89. The van der Waals surface area contributed by atoms with E-state index in [0.29, 0.717) is 24.7 Å². The number of aromatic nitrogens is 3. The van der Waals surface area contributed by atoms with Gasteiger partial charge >= 0.3 is 0 Å². The summed E-state index contributed by atoms with van der Waals surface area (Å²) in [4.78, 5) is 18.3. The second kappa shape index (κ2) is 10.2. The molecule has 0 spiro atoms. The van der Waals surface area contributed by atoms with Crippen molar-refractivity contribution in [1.29, 1.82) is 0 Å². The minimum Gasteiger partial charge on any atom is -0.490 e. The van der Waals surface area contributed by atoms with Gasteiger partial charge in [0.1, 0.15) is 12.7 Å². The third-order valence-corrected chi connectivity index (χ3v) is 7.15. The first kappa shape index (κ1) is 23.7. The lowest BCUT2D eigenvalue weighted by Crippen LogP contribution is -2.33. The topological polar surface area (TPSA) is 116 Å². The summed E-state index contributed by atoms with van der Waals surface area (Å²) in [5.41, 5.74) is 1.82. The molecular weight excluding hydrogens is 458 g/mol. The third-order valence-electron chi connectivity index (χ3n) is 5.69. The molecule has 4 rings (SSSR count). The van der Waals surface area contributed by atoms with Crippen LogP contribution in [0.5, 0.6) is 11.5 Å². The molecule has 1 amide bonds. The van der Waals surface area contributed by atoms with Gasteiger partial charge in [0.05, 0.1) is 29.8 Å². The second-order valence-corrected chi connectivity index (χ2v) is 9.69. The van der Waals surface area contributed by atoms with Gasteiger partial charge in [-0.3, -0.25) is 4.79 Å². The van der Waals surface area contributed by atoms with Crippen molar-refractivity contribution in [3.63, 3.8) is 0 Å². The molecule has 0 saturated heterocycles. The summed E-state index contributed by atoms with van der Waals surface area (Å²) in [7, 11) is -2.09. The van der Waals surface area contributed by atoms with Crippen molar-refractivity contribution in [2.24, 2.45) is 0 Å². The molecule has 1 atom stereocenters. The first-order valence-corrected chi connectivity index (χ1v) is 12.4. The van der Waals surface area contributed by atoms with Crippen LogP contribution < -0.4 is 14.2 Å². The van der Waals surface area contributed by atoms with Gasteiger partial charge in [-0.05, 0) is 36.8 Å². The van der Waals surface area contributed by atoms with Crippen LogP contribution in [0.15, 0.2) is 60.0 Å². The predicted molar refractivity (Wildman–Crippen MR) is 124 cm³/mol. The Bertz CT molecular complexity index is 1230. The van der Waals surface area contributed by atoms with Crippen molar-refractivity contribution in [2.75, 3.05) is 26.8 Å². The molecule has 11 heteroatoms. The van der Waals surface area contributed by atoms with Gasteiger partial charge in [-0.2, -0.15) is 5.10 Å². The Morgan fingerprint density at radius 2 is 1.88 bits per heavy atom. The maximum atomic E-state index is 12.7. The van der Waals surface area contributed by atoms with Crippen LogP contribution >= 0.6 is 0 Å². The zero-order valence-corrected chi connectivity index (χ0v) is 19.9. The average molecular weight is 486 g/mol. The van der Waals surface area contributed by atoms with Crippen LogP contribution in [0.25, 0.3) is 5.69 Å². The Morgan fingerprint density at radius 1 is 1.15 bits per heavy atom. The van der Waals surface area contributed by atoms with E-state index in [0.717, 1.165) is 17.7 Å². The standard InChI is InChI=1S/C23H27N5O5S/c1-17(18-4-6-19(7-5-18)28-16-24-15-25-28)27(2)23(29)10-11-26-34(30,31)20-8-9-21-22(14-20)33-13-3-12-32-21/h4-9,14-17,26H,3,10-13H2,1-2H3. The molecule has 0 radical (unpaired) electrons. The number of benzene rings is 2. The van der Waals surface area contributed by atoms with Gasteiger partial charge < -0.3 is 14.4 Å². The number of rotatable bonds is 8. The molecule has 1 aliphatic heterocycles. The van der Waals surface area contributed by atoms with Crippen LogP contribution in [0, 0.1) is 0 Å². The summed E-state index contributed by atoms with van der Waals surface area (Å²) in [6, 6.07) is 12.0. The number of carbonyl (C=O) groups is 1. The van der Waals surface area contributed by atoms with Crippen LogP contribution in [0.4, 0.5) is 0 Å². The Kier molecular flexibility index (Phi) is 7.13. The minimum atomic E-state index is -3.80. The van der Waals surface area contributed by atoms with Crippen molar-refractivity contribution < 1.29 is 22.7 Å². The fourth-order valence-electron chi connectivity index (χ4n) is 3.55. The number of hydrogen-bond donors (Lipinski definition) is 1. The van der Waals surface area contributed by atoms with Crippen LogP contribution in [-0.4, -0.2) is 60.8 Å². The highest BCUT2D eigenvalue weighted by Gasteiger charge is 2.21. The van der Waals surface area contributed by atoms with E-state index >= 15 is 0 Å². The SMILES string of the molecule is CC(c1ccc(-n2cncn2)cc1)N(C)C(=O)CCNS(=O)(=O)c1ccc2c(c1)OCCCO2. The summed E-state index contributed by atoms with van der Waals surface area (Å²) in [5, 5.41) is 4.10. The quantitative estimate of drug-likeness (QED) is 0.521. The van der Waals surface area contributed by atoms with E-state index in [1.807, 2.05) is 31.2 Å². The van der Waals surface area contributed by atoms with Gasteiger partial charge in [0.2, 0.25) is 15.9 Å². The first-order chi connectivity index (χ1) is 16.3. The van der Waals surface area contributed by atoms with Crippen LogP contribution in [0.1, 0.15) is 31.4 Å². The Morgan fingerprint density at radius 3 is 2.59 bits per heavy atom. The van der Waals surface area contributed by atoms with Crippen molar-refractivity contribution in [3.8, 4) is 17.2 Å². The fourth-order valence-corrected chi connectivity index (χ4v) is 4.60. The molecule has 1 aromatic heterocycles. The van der Waals surface area contributed by atoms with E-state index in [1.165, 1.54) is 18.5 Å². The number of sulfonamides is 1. The molecule has 1 N–H and O–H groups in total. The van der Waals surface area contributed by atoms with E-state index in [9.17, 15) is 13.2 Å². The fraction of sp³-hybridized carbons (Fsp3) is 0.348. The molecule has 0 bridgehead atoms. The molecule has 3 aromatic rings. The molecular formula is C23H27N5O5S. The molecule has 2 aromatic carbocycles. The van der Waals surface area contributed by atoms with Crippen LogP contribution in [-0.2, 0) is 14.8 Å². The van der Waals surface area contributed by atoms with Crippen molar-refractivity contribution in [2.45, 2.75) is 30.7 Å². The smallest absolute Gasteiger partial charge is 0.240 e. The maximum Gasteiger partial charge on any atom is 0.240 e. The van der Waals surface area contributed by atoms with Crippen molar-refractivity contribution in [1.82, 2.24) is 24.4 Å². The first-order valence-electron chi connectivity index (χ1n) is 10.9. The van der Waals surface area contributed by atoms with E-state index in [1.54, 1.807) is 29.0 Å². The molecule has 1 unspecified atom stereocenters. The summed E-state index contributed by atoms with van der Waals surface area (Å²) in [6.07, 6.45) is 3.84. The molecule has 0 saturated carbocycles. The van der Waals surface area contributed by atoms with Gasteiger partial charge in [-0.1, -0.05) is 12.1 Å². The largest absolute Gasteiger partial charge is 0.490 e. The predicted octanol–water partition coefficient (Wildman–Crippen LogP) is 2.32. The number of fused-ring (bicyclic) bond motifs is 1. The highest BCUT2D eigenvalue weighted by atomic mass is 32.2. The van der Waals surface area contributed by atoms with Crippen molar-refractivity contribution in [3.05, 3.63) is 60.7 Å². The van der Waals surface area contributed by atoms with Crippen molar-refractivity contribution >= 4 is 15.9 Å². The Labute approximate surface area is 198 Å². The van der Waals surface area contributed by atoms with E-state index in [4.69, 9.17) is 9.47 Å². The molecule has 34 heavy (non-hydrogen) atoms. The Hall–Kier alpha value is -3.44. The minimum absolute atomic E-state index is 0.0160. The van der Waals surface area contributed by atoms with E-state index in [-0.39, 0.29) is 29.8 Å². The number of ether oxygens (including phenoxy) is 2. The van der Waals surface area contributed by atoms with Gasteiger partial charge in [0.15, 0.2) is 11.5 Å². The molecule has 2 heterocycles. The van der Waals surface area contributed by atoms with Gasteiger partial charge in [0, 0.05) is 32.5 Å². The zero-order valence-electron chi connectivity index (χ0n) is 19.0. The molecule has 0 aliphatic carbocycles.